The Balaban J connectivity index is 4.05. The van der Waals surface area contributed by atoms with Crippen LogP contribution in [0.25, 0.3) is 0 Å². The Bertz CT molecular complexity index is 233. The van der Waals surface area contributed by atoms with Crippen LogP contribution in [0.5, 0.6) is 0 Å². The lowest BCUT2D eigenvalue weighted by molar-refractivity contribution is -0.108. The molecular weight excluding hydrogens is 218 g/mol. The SMILES string of the molecule is CCCCC[C@@H](CC=O)NC(=O)OC(C)(C)C. The summed E-state index contributed by atoms with van der Waals surface area (Å²) < 4.78 is 5.15. The van der Waals surface area contributed by atoms with Gasteiger partial charge in [0.05, 0.1) is 0 Å². The highest BCUT2D eigenvalue weighted by Gasteiger charge is 2.18. The van der Waals surface area contributed by atoms with E-state index in [1.54, 1.807) is 0 Å². The van der Waals surface area contributed by atoms with Crippen molar-refractivity contribution in [2.24, 2.45) is 0 Å². The van der Waals surface area contributed by atoms with E-state index in [0.29, 0.717) is 6.42 Å². The van der Waals surface area contributed by atoms with E-state index in [0.717, 1.165) is 32.0 Å². The minimum absolute atomic E-state index is 0.103. The molecule has 0 aliphatic heterocycles. The molecular formula is C13H25NO3. The quantitative estimate of drug-likeness (QED) is 0.552. The predicted octanol–water partition coefficient (Wildman–Crippen LogP) is 3.05. The highest BCUT2D eigenvalue weighted by molar-refractivity contribution is 5.68. The van der Waals surface area contributed by atoms with Crippen molar-refractivity contribution in [2.75, 3.05) is 0 Å². The van der Waals surface area contributed by atoms with Crippen LogP contribution in [0.15, 0.2) is 0 Å². The second-order valence-electron chi connectivity index (χ2n) is 5.24. The topological polar surface area (TPSA) is 55.4 Å². The van der Waals surface area contributed by atoms with Crippen molar-refractivity contribution in [3.63, 3.8) is 0 Å². The van der Waals surface area contributed by atoms with Crippen LogP contribution in [0.2, 0.25) is 0 Å². The number of carbonyl (C=O) groups excluding carboxylic acids is 2. The molecule has 0 aromatic carbocycles. The first-order valence-corrected chi connectivity index (χ1v) is 6.32. The number of hydrogen-bond donors (Lipinski definition) is 1. The first-order valence-electron chi connectivity index (χ1n) is 6.32. The zero-order chi connectivity index (χ0) is 13.3. The van der Waals surface area contributed by atoms with Crippen molar-refractivity contribution < 1.29 is 14.3 Å². The Kier molecular flexibility index (Phi) is 7.59. The maximum atomic E-state index is 11.5. The van der Waals surface area contributed by atoms with Gasteiger partial charge in [-0.2, -0.15) is 0 Å². The first-order chi connectivity index (χ1) is 7.89. The van der Waals surface area contributed by atoms with E-state index in [-0.39, 0.29) is 6.04 Å². The fourth-order valence-electron chi connectivity index (χ4n) is 1.48. The van der Waals surface area contributed by atoms with Gasteiger partial charge in [-0.25, -0.2) is 4.79 Å². The van der Waals surface area contributed by atoms with E-state index in [1.807, 2.05) is 20.8 Å². The summed E-state index contributed by atoms with van der Waals surface area (Å²) in [6, 6.07) is -0.103. The molecule has 17 heavy (non-hydrogen) atoms. The molecule has 0 saturated carbocycles. The second-order valence-corrected chi connectivity index (χ2v) is 5.24. The van der Waals surface area contributed by atoms with Crippen LogP contribution < -0.4 is 5.32 Å². The summed E-state index contributed by atoms with van der Waals surface area (Å²) in [7, 11) is 0. The lowest BCUT2D eigenvalue weighted by Crippen LogP contribution is -2.39. The van der Waals surface area contributed by atoms with Crippen LogP contribution in [0.4, 0.5) is 4.79 Å². The highest BCUT2D eigenvalue weighted by atomic mass is 16.6. The molecule has 0 aromatic rings. The summed E-state index contributed by atoms with van der Waals surface area (Å²) in [5.74, 6) is 0. The normalized spacial score (nSPS) is 12.9. The molecule has 0 aliphatic carbocycles. The summed E-state index contributed by atoms with van der Waals surface area (Å²) in [5, 5.41) is 2.74. The molecule has 4 heteroatoms. The number of rotatable bonds is 7. The molecule has 0 bridgehead atoms. The number of aldehydes is 1. The zero-order valence-electron chi connectivity index (χ0n) is 11.4. The van der Waals surface area contributed by atoms with Crippen LogP contribution in [0.3, 0.4) is 0 Å². The Labute approximate surface area is 104 Å². The Hall–Kier alpha value is -1.06. The number of carbonyl (C=O) groups is 2. The maximum absolute atomic E-state index is 11.5. The minimum Gasteiger partial charge on any atom is -0.444 e. The van der Waals surface area contributed by atoms with Crippen molar-refractivity contribution in [1.82, 2.24) is 5.32 Å². The fraction of sp³-hybridized carbons (Fsp3) is 0.846. The molecule has 0 unspecified atom stereocenters. The summed E-state index contributed by atoms with van der Waals surface area (Å²) in [6.07, 6.45) is 4.83. The summed E-state index contributed by atoms with van der Waals surface area (Å²) in [6.45, 7) is 7.57. The van der Waals surface area contributed by atoms with Gasteiger partial charge in [-0.1, -0.05) is 26.2 Å². The van der Waals surface area contributed by atoms with E-state index in [4.69, 9.17) is 4.74 Å². The van der Waals surface area contributed by atoms with Gasteiger partial charge in [0, 0.05) is 12.5 Å². The smallest absolute Gasteiger partial charge is 0.407 e. The lowest BCUT2D eigenvalue weighted by Gasteiger charge is -2.22. The van der Waals surface area contributed by atoms with Gasteiger partial charge in [0.2, 0.25) is 0 Å². The monoisotopic (exact) mass is 243 g/mol. The Morgan fingerprint density at radius 2 is 2.00 bits per heavy atom. The van der Waals surface area contributed by atoms with E-state index < -0.39 is 11.7 Å². The van der Waals surface area contributed by atoms with Crippen LogP contribution >= 0.6 is 0 Å². The molecule has 0 aromatic heterocycles. The minimum atomic E-state index is -0.501. The lowest BCUT2D eigenvalue weighted by atomic mass is 10.1. The van der Waals surface area contributed by atoms with Gasteiger partial charge in [0.1, 0.15) is 11.9 Å². The fourth-order valence-corrected chi connectivity index (χ4v) is 1.48. The number of unbranched alkanes of at least 4 members (excludes halogenated alkanes) is 2. The van der Waals surface area contributed by atoms with Crippen molar-refractivity contribution >= 4 is 12.4 Å². The van der Waals surface area contributed by atoms with Crippen molar-refractivity contribution in [2.45, 2.75) is 71.4 Å². The molecule has 1 amide bonds. The van der Waals surface area contributed by atoms with E-state index >= 15 is 0 Å². The first kappa shape index (κ1) is 15.9. The van der Waals surface area contributed by atoms with E-state index in [2.05, 4.69) is 12.2 Å². The standard InChI is InChI=1S/C13H25NO3/c1-5-6-7-8-11(9-10-15)14-12(16)17-13(2,3)4/h10-11H,5-9H2,1-4H3,(H,14,16)/t11-/m0/s1. The van der Waals surface area contributed by atoms with Gasteiger partial charge >= 0.3 is 6.09 Å². The summed E-state index contributed by atoms with van der Waals surface area (Å²) in [4.78, 5) is 22.0. The Morgan fingerprint density at radius 1 is 1.35 bits per heavy atom. The number of alkyl carbamates (subject to hydrolysis) is 1. The molecule has 0 heterocycles. The van der Waals surface area contributed by atoms with Gasteiger partial charge in [0.25, 0.3) is 0 Å². The van der Waals surface area contributed by atoms with Gasteiger partial charge < -0.3 is 14.8 Å². The molecule has 0 fully saturated rings. The largest absolute Gasteiger partial charge is 0.444 e. The summed E-state index contributed by atoms with van der Waals surface area (Å²) >= 11 is 0. The van der Waals surface area contributed by atoms with Gasteiger partial charge in [-0.05, 0) is 27.2 Å². The molecule has 0 spiro atoms. The van der Waals surface area contributed by atoms with Crippen molar-refractivity contribution in [3.8, 4) is 0 Å². The van der Waals surface area contributed by atoms with E-state index in [1.165, 1.54) is 0 Å². The molecule has 100 valence electrons. The highest BCUT2D eigenvalue weighted by Crippen LogP contribution is 2.09. The third-order valence-electron chi connectivity index (χ3n) is 2.26. The van der Waals surface area contributed by atoms with Crippen LogP contribution in [-0.4, -0.2) is 24.0 Å². The van der Waals surface area contributed by atoms with Crippen LogP contribution in [-0.2, 0) is 9.53 Å². The molecule has 4 nitrogen and oxygen atoms in total. The molecule has 1 atom stereocenters. The van der Waals surface area contributed by atoms with Crippen LogP contribution in [0.1, 0.15) is 59.8 Å². The zero-order valence-corrected chi connectivity index (χ0v) is 11.4. The third kappa shape index (κ3) is 9.85. The number of ether oxygens (including phenoxy) is 1. The molecule has 1 N–H and O–H groups in total. The molecule has 0 radical (unpaired) electrons. The van der Waals surface area contributed by atoms with Gasteiger partial charge in [-0.15, -0.1) is 0 Å². The van der Waals surface area contributed by atoms with Crippen molar-refractivity contribution in [3.05, 3.63) is 0 Å². The second kappa shape index (κ2) is 8.09. The third-order valence-corrected chi connectivity index (χ3v) is 2.26. The van der Waals surface area contributed by atoms with Gasteiger partial charge in [-0.3, -0.25) is 0 Å². The number of hydrogen-bond acceptors (Lipinski definition) is 3. The van der Waals surface area contributed by atoms with E-state index in [9.17, 15) is 9.59 Å². The number of nitrogens with one attached hydrogen (secondary N) is 1. The molecule has 0 rings (SSSR count). The maximum Gasteiger partial charge on any atom is 0.407 e. The Morgan fingerprint density at radius 3 is 2.47 bits per heavy atom. The summed E-state index contributed by atoms with van der Waals surface area (Å²) in [5.41, 5.74) is -0.501. The average Bonchev–Trinajstić information content (AvgIpc) is 2.15. The molecule has 0 saturated heterocycles. The van der Waals surface area contributed by atoms with Gasteiger partial charge in [0.15, 0.2) is 0 Å². The molecule has 0 aliphatic rings. The number of amides is 1. The average molecular weight is 243 g/mol. The predicted molar refractivity (Wildman–Crippen MR) is 68.0 cm³/mol. The van der Waals surface area contributed by atoms with Crippen LogP contribution in [0, 0.1) is 0 Å². The van der Waals surface area contributed by atoms with Crippen molar-refractivity contribution in [1.29, 1.82) is 0 Å².